The molecule has 3 aliphatic rings. The van der Waals surface area contributed by atoms with Crippen molar-refractivity contribution in [2.45, 2.75) is 57.7 Å². The van der Waals surface area contributed by atoms with Crippen LogP contribution in [0, 0.1) is 23.7 Å². The van der Waals surface area contributed by atoms with Crippen molar-refractivity contribution in [3.8, 4) is 0 Å². The Balaban J connectivity index is 1.33. The van der Waals surface area contributed by atoms with Gasteiger partial charge in [0.2, 0.25) is 0 Å². The average molecular weight is 415 g/mol. The first-order valence-electron chi connectivity index (χ1n) is 11.2. The molecular weight excluding hydrogens is 380 g/mol. The number of likely N-dealkylation sites (tertiary alicyclic amines) is 1. The number of amides is 2. The number of aliphatic hydroxyl groups is 1. The Morgan fingerprint density at radius 1 is 1.10 bits per heavy atom. The first-order valence-corrected chi connectivity index (χ1v) is 11.2. The number of ether oxygens (including phenoxy) is 1. The Morgan fingerprint density at radius 2 is 1.70 bits per heavy atom. The predicted molar refractivity (Wildman–Crippen MR) is 114 cm³/mol. The summed E-state index contributed by atoms with van der Waals surface area (Å²) >= 11 is 0. The number of carbonyl (C=O) groups is 2. The molecule has 2 saturated carbocycles. The fourth-order valence-electron chi connectivity index (χ4n) is 5.36. The lowest BCUT2D eigenvalue weighted by atomic mass is 9.79. The van der Waals surface area contributed by atoms with Crippen molar-refractivity contribution < 1.29 is 19.4 Å². The van der Waals surface area contributed by atoms with Gasteiger partial charge in [0.1, 0.15) is 5.60 Å². The summed E-state index contributed by atoms with van der Waals surface area (Å²) in [7, 11) is 0. The monoisotopic (exact) mass is 414 g/mol. The molecule has 3 fully saturated rings. The third-order valence-corrected chi connectivity index (χ3v) is 7.03. The second-order valence-electron chi connectivity index (χ2n) is 10.2. The Labute approximate surface area is 179 Å². The van der Waals surface area contributed by atoms with Gasteiger partial charge in [0.05, 0.1) is 0 Å². The quantitative estimate of drug-likeness (QED) is 0.775. The predicted octanol–water partition coefficient (Wildman–Crippen LogP) is 3.29. The zero-order chi connectivity index (χ0) is 21.5. The maximum Gasteiger partial charge on any atom is 0.410 e. The summed E-state index contributed by atoms with van der Waals surface area (Å²) in [4.78, 5) is 27.2. The number of benzene rings is 1. The highest BCUT2D eigenvalue weighted by Gasteiger charge is 2.57. The lowest BCUT2D eigenvalue weighted by molar-refractivity contribution is -0.147. The van der Waals surface area contributed by atoms with E-state index < -0.39 is 11.2 Å². The Hall–Kier alpha value is -2.08. The van der Waals surface area contributed by atoms with Crippen molar-refractivity contribution in [1.82, 2.24) is 10.2 Å². The molecule has 0 radical (unpaired) electrons. The number of carbonyl (C=O) groups excluding carboxylic acids is 2. The molecule has 2 amide bonds. The maximum atomic E-state index is 13.2. The highest BCUT2D eigenvalue weighted by atomic mass is 16.6. The van der Waals surface area contributed by atoms with Crippen molar-refractivity contribution in [1.29, 1.82) is 0 Å². The van der Waals surface area contributed by atoms with Gasteiger partial charge in [-0.2, -0.15) is 0 Å². The number of piperidine rings is 1. The number of hydrogen-bond acceptors (Lipinski definition) is 4. The lowest BCUT2D eigenvalue weighted by Gasteiger charge is -2.33. The van der Waals surface area contributed by atoms with E-state index in [-0.39, 0.29) is 17.9 Å². The van der Waals surface area contributed by atoms with Crippen LogP contribution in [0.3, 0.4) is 0 Å². The summed E-state index contributed by atoms with van der Waals surface area (Å²) in [5, 5.41) is 14.6. The molecule has 0 aromatic heterocycles. The third kappa shape index (κ3) is 4.07. The molecule has 3 atom stereocenters. The van der Waals surface area contributed by atoms with E-state index in [1.165, 1.54) is 0 Å². The van der Waals surface area contributed by atoms with Gasteiger partial charge < -0.3 is 20.1 Å². The number of nitrogens with one attached hydrogen (secondary N) is 1. The summed E-state index contributed by atoms with van der Waals surface area (Å²) in [6.07, 6.45) is 3.61. The van der Waals surface area contributed by atoms with Gasteiger partial charge in [-0.05, 0) is 56.9 Å². The van der Waals surface area contributed by atoms with Crippen LogP contribution in [0.1, 0.15) is 52.0 Å². The number of nitrogens with zero attached hydrogens (tertiary/aromatic N) is 1. The Kier molecular flexibility index (Phi) is 5.56. The van der Waals surface area contributed by atoms with Crippen molar-refractivity contribution >= 4 is 12.0 Å². The molecule has 1 aromatic rings. The minimum absolute atomic E-state index is 0.0405. The number of hydrogen-bond donors (Lipinski definition) is 2. The lowest BCUT2D eigenvalue weighted by Crippen LogP contribution is -2.49. The van der Waals surface area contributed by atoms with E-state index in [9.17, 15) is 14.7 Å². The molecule has 6 heteroatoms. The summed E-state index contributed by atoms with van der Waals surface area (Å²) in [6.45, 7) is 7.55. The Morgan fingerprint density at radius 3 is 2.27 bits per heavy atom. The molecule has 2 N–H and O–H groups in total. The molecule has 6 nitrogen and oxygen atoms in total. The van der Waals surface area contributed by atoms with Crippen molar-refractivity contribution in [2.75, 3.05) is 19.6 Å². The first kappa shape index (κ1) is 21.2. The van der Waals surface area contributed by atoms with Crippen molar-refractivity contribution in [2.24, 2.45) is 23.7 Å². The van der Waals surface area contributed by atoms with Crippen LogP contribution in [0.25, 0.3) is 0 Å². The standard InChI is InChI=1S/C24H34N2O4/c1-23(2,3)30-22(28)26-14-19-18(20(19)15-26)13-25-21(27)24(29,17-11-7-8-12-17)16-9-5-4-6-10-16/h4-6,9-10,17-20,29H,7-8,11-15H2,1-3H3,(H,25,27). The van der Waals surface area contributed by atoms with Crippen LogP contribution in [0.4, 0.5) is 4.79 Å². The average Bonchev–Trinajstić information content (AvgIpc) is 3.13. The zero-order valence-corrected chi connectivity index (χ0v) is 18.3. The molecule has 30 heavy (non-hydrogen) atoms. The molecule has 2 aliphatic carbocycles. The maximum absolute atomic E-state index is 13.2. The van der Waals surface area contributed by atoms with Gasteiger partial charge in [0.15, 0.2) is 5.60 Å². The largest absolute Gasteiger partial charge is 0.444 e. The molecule has 1 heterocycles. The van der Waals surface area contributed by atoms with Crippen LogP contribution < -0.4 is 5.32 Å². The minimum atomic E-state index is -1.47. The van der Waals surface area contributed by atoms with E-state index in [0.29, 0.717) is 43.0 Å². The van der Waals surface area contributed by atoms with Gasteiger partial charge in [-0.15, -0.1) is 0 Å². The molecule has 1 aliphatic heterocycles. The zero-order valence-electron chi connectivity index (χ0n) is 18.3. The summed E-state index contributed by atoms with van der Waals surface area (Å²) in [5.74, 6) is 0.871. The first-order chi connectivity index (χ1) is 14.2. The van der Waals surface area contributed by atoms with E-state index in [1.54, 1.807) is 4.90 Å². The fraction of sp³-hybridized carbons (Fsp3) is 0.667. The van der Waals surface area contributed by atoms with Crippen LogP contribution in [-0.2, 0) is 15.1 Å². The van der Waals surface area contributed by atoms with Crippen LogP contribution in [0.15, 0.2) is 30.3 Å². The summed E-state index contributed by atoms with van der Waals surface area (Å²) in [5.41, 5.74) is -1.27. The van der Waals surface area contributed by atoms with Gasteiger partial charge in [0, 0.05) is 25.6 Å². The molecule has 0 spiro atoms. The van der Waals surface area contributed by atoms with Gasteiger partial charge in [-0.25, -0.2) is 4.79 Å². The second kappa shape index (κ2) is 7.88. The van der Waals surface area contributed by atoms with Gasteiger partial charge in [-0.3, -0.25) is 4.79 Å². The number of rotatable bonds is 5. The number of fused-ring (bicyclic) bond motifs is 1. The van der Waals surface area contributed by atoms with Gasteiger partial charge in [0.25, 0.3) is 5.91 Å². The van der Waals surface area contributed by atoms with Crippen LogP contribution in [0.5, 0.6) is 0 Å². The van der Waals surface area contributed by atoms with Crippen molar-refractivity contribution in [3.63, 3.8) is 0 Å². The molecule has 0 bridgehead atoms. The SMILES string of the molecule is CC(C)(C)OC(=O)N1CC2C(CNC(=O)C(O)(c3ccccc3)C3CCCC3)C2C1. The topological polar surface area (TPSA) is 78.9 Å². The molecule has 3 unspecified atom stereocenters. The van der Waals surface area contributed by atoms with Crippen LogP contribution in [0.2, 0.25) is 0 Å². The summed E-state index contributed by atoms with van der Waals surface area (Å²) in [6, 6.07) is 9.35. The molecular formula is C24H34N2O4. The third-order valence-electron chi connectivity index (χ3n) is 7.03. The highest BCUT2D eigenvalue weighted by Crippen LogP contribution is 2.51. The molecule has 164 valence electrons. The van der Waals surface area contributed by atoms with Gasteiger partial charge in [-0.1, -0.05) is 43.2 Å². The van der Waals surface area contributed by atoms with E-state index in [4.69, 9.17) is 4.74 Å². The van der Waals surface area contributed by atoms with Crippen molar-refractivity contribution in [3.05, 3.63) is 35.9 Å². The second-order valence-corrected chi connectivity index (χ2v) is 10.2. The normalized spacial score (nSPS) is 28.0. The van der Waals surface area contributed by atoms with E-state index in [1.807, 2.05) is 51.1 Å². The summed E-state index contributed by atoms with van der Waals surface area (Å²) < 4.78 is 5.46. The molecule has 1 aromatic carbocycles. The van der Waals surface area contributed by atoms with Gasteiger partial charge >= 0.3 is 6.09 Å². The van der Waals surface area contributed by atoms with Crippen LogP contribution in [-0.4, -0.2) is 47.2 Å². The van der Waals surface area contributed by atoms with E-state index >= 15 is 0 Å². The molecule has 1 saturated heterocycles. The fourth-order valence-corrected chi connectivity index (χ4v) is 5.36. The highest BCUT2D eigenvalue weighted by molar-refractivity contribution is 5.86. The smallest absolute Gasteiger partial charge is 0.410 e. The van der Waals surface area contributed by atoms with E-state index in [0.717, 1.165) is 25.7 Å². The van der Waals surface area contributed by atoms with E-state index in [2.05, 4.69) is 5.32 Å². The minimum Gasteiger partial charge on any atom is -0.444 e. The Bertz CT molecular complexity index is 772. The van der Waals surface area contributed by atoms with Crippen LogP contribution >= 0.6 is 0 Å². The molecule has 4 rings (SSSR count).